The van der Waals surface area contributed by atoms with Gasteiger partial charge in [-0.25, -0.2) is 9.37 Å². The molecule has 3 heterocycles. The van der Waals surface area contributed by atoms with Crippen LogP contribution in [0, 0.1) is 0 Å². The van der Waals surface area contributed by atoms with E-state index in [1.54, 1.807) is 30.5 Å². The number of benzene rings is 1. The Morgan fingerprint density at radius 1 is 1.26 bits per heavy atom. The summed E-state index contributed by atoms with van der Waals surface area (Å²) < 4.78 is 15.5. The van der Waals surface area contributed by atoms with Gasteiger partial charge in [0.05, 0.1) is 17.4 Å². The molecule has 194 valence electrons. The number of fused-ring (bicyclic) bond motifs is 2. The van der Waals surface area contributed by atoms with Gasteiger partial charge in [-0.1, -0.05) is 23.8 Å². The van der Waals surface area contributed by atoms with Crippen molar-refractivity contribution in [2.24, 2.45) is 0 Å². The van der Waals surface area contributed by atoms with Crippen LogP contribution in [0.3, 0.4) is 0 Å². The summed E-state index contributed by atoms with van der Waals surface area (Å²) in [5, 5.41) is 17.2. The molecule has 4 rings (SSSR count). The smallest absolute Gasteiger partial charge is 0.244 e. The molecule has 1 atom stereocenters. The van der Waals surface area contributed by atoms with Crippen LogP contribution in [-0.2, 0) is 9.59 Å². The monoisotopic (exact) mass is 534 g/mol. The van der Waals surface area contributed by atoms with Crippen LogP contribution in [0.15, 0.2) is 79.2 Å². The highest BCUT2D eigenvalue weighted by Crippen LogP contribution is 2.21. The Bertz CT molecular complexity index is 1420. The fraction of sp³-hybridized carbons (Fsp3) is 0.154. The van der Waals surface area contributed by atoms with E-state index in [1.807, 2.05) is 12.2 Å². The third kappa shape index (κ3) is 7.68. The van der Waals surface area contributed by atoms with Gasteiger partial charge in [-0.05, 0) is 71.8 Å². The van der Waals surface area contributed by atoms with Crippen LogP contribution < -0.4 is 10.6 Å². The lowest BCUT2D eigenvalue weighted by molar-refractivity contribution is -0.120. The molecule has 1 aromatic carbocycles. The third-order valence-corrected chi connectivity index (χ3v) is 5.58. The highest BCUT2D eigenvalue weighted by molar-refractivity contribution is 6.30. The lowest BCUT2D eigenvalue weighted by Gasteiger charge is -2.14. The van der Waals surface area contributed by atoms with E-state index in [1.165, 1.54) is 47.6 Å². The zero-order valence-corrected chi connectivity index (χ0v) is 20.8. The number of hydrogen-bond acceptors (Lipinski definition) is 6. The van der Waals surface area contributed by atoms with Crippen molar-refractivity contribution in [1.82, 2.24) is 40.8 Å². The van der Waals surface area contributed by atoms with Gasteiger partial charge in [-0.3, -0.25) is 9.59 Å². The maximum Gasteiger partial charge on any atom is 0.244 e. The summed E-state index contributed by atoms with van der Waals surface area (Å²) in [7, 11) is 0. The predicted molar refractivity (Wildman–Crippen MR) is 141 cm³/mol. The second-order valence-corrected chi connectivity index (χ2v) is 8.56. The molecule has 2 amide bonds. The Morgan fingerprint density at radius 2 is 2.16 bits per heavy atom. The average Bonchev–Trinajstić information content (AvgIpc) is 3.60. The molecule has 1 unspecified atom stereocenters. The van der Waals surface area contributed by atoms with Crippen LogP contribution in [0.4, 0.5) is 4.39 Å². The van der Waals surface area contributed by atoms with Crippen LogP contribution >= 0.6 is 11.6 Å². The molecule has 0 saturated carbocycles. The van der Waals surface area contributed by atoms with Gasteiger partial charge >= 0.3 is 0 Å². The van der Waals surface area contributed by atoms with Crippen molar-refractivity contribution >= 4 is 35.6 Å². The van der Waals surface area contributed by atoms with E-state index in [9.17, 15) is 14.0 Å². The number of carbonyl (C=O) groups excluding carboxylic acids is 2. The Kier molecular flexibility index (Phi) is 9.08. The third-order valence-electron chi connectivity index (χ3n) is 5.35. The standard InChI is InChI=1S/C26H24ClFN8O2/c27-19-9-12-23(36-17-31-34-35-36)18(15-19)8-13-25(38)33-22-6-2-1-3-7-24(37)29-14-4-5-20(28)10-11-21-16-30-26(22)32-21/h1-2,4-5,8-17,22H,3,6-7H2,(H,29,37)(H,30,32)(H,33,38). The highest BCUT2D eigenvalue weighted by atomic mass is 35.5. The number of hydrogen-bond donors (Lipinski definition) is 3. The summed E-state index contributed by atoms with van der Waals surface area (Å²) in [6.07, 6.45) is 17.8. The number of H-pyrrole nitrogens is 1. The second kappa shape index (κ2) is 13.1. The second-order valence-electron chi connectivity index (χ2n) is 8.12. The first-order valence-corrected chi connectivity index (χ1v) is 12.1. The summed E-state index contributed by atoms with van der Waals surface area (Å²) in [6.45, 7) is 0. The molecule has 0 radical (unpaired) electrons. The Hall–Kier alpha value is -4.64. The largest absolute Gasteiger partial charge is 0.346 e. The maximum atomic E-state index is 14.0. The lowest BCUT2D eigenvalue weighted by Crippen LogP contribution is -2.27. The molecule has 3 aromatic rings. The number of rotatable bonds is 4. The van der Waals surface area contributed by atoms with E-state index < -0.39 is 11.9 Å². The fourth-order valence-corrected chi connectivity index (χ4v) is 3.70. The van der Waals surface area contributed by atoms with Gasteiger partial charge in [-0.15, -0.1) is 5.10 Å². The minimum absolute atomic E-state index is 0.188. The van der Waals surface area contributed by atoms with Gasteiger partial charge in [0.15, 0.2) is 0 Å². The van der Waals surface area contributed by atoms with Gasteiger partial charge < -0.3 is 15.6 Å². The number of imidazole rings is 1. The van der Waals surface area contributed by atoms with Crippen molar-refractivity contribution < 1.29 is 14.0 Å². The number of amides is 2. The van der Waals surface area contributed by atoms with Crippen molar-refractivity contribution in [2.45, 2.75) is 25.3 Å². The molecular formula is C26H24ClFN8O2. The molecule has 0 fully saturated rings. The number of halogens is 2. The Balaban J connectivity index is 1.53. The van der Waals surface area contributed by atoms with Crippen molar-refractivity contribution in [3.8, 4) is 5.69 Å². The molecule has 0 aliphatic carbocycles. The number of allylic oxidation sites excluding steroid dienone is 5. The first-order chi connectivity index (χ1) is 18.5. The summed E-state index contributed by atoms with van der Waals surface area (Å²) in [5.41, 5.74) is 1.78. The van der Waals surface area contributed by atoms with E-state index in [4.69, 9.17) is 11.6 Å². The zero-order chi connectivity index (χ0) is 26.7. The molecular weight excluding hydrogens is 511 g/mol. The summed E-state index contributed by atoms with van der Waals surface area (Å²) in [5.74, 6) is -0.570. The topological polar surface area (TPSA) is 130 Å². The molecule has 10 nitrogen and oxygen atoms in total. The number of aromatic nitrogens is 6. The van der Waals surface area contributed by atoms with Crippen LogP contribution in [0.1, 0.15) is 42.4 Å². The van der Waals surface area contributed by atoms with E-state index in [0.717, 1.165) is 0 Å². The minimum Gasteiger partial charge on any atom is -0.346 e. The molecule has 12 heteroatoms. The van der Waals surface area contributed by atoms with Crippen LogP contribution in [0.25, 0.3) is 17.8 Å². The molecule has 2 bridgehead atoms. The fourth-order valence-electron chi connectivity index (χ4n) is 3.52. The Labute approximate surface area is 222 Å². The number of carbonyl (C=O) groups is 2. The first-order valence-electron chi connectivity index (χ1n) is 11.7. The molecule has 0 saturated heterocycles. The molecule has 1 aliphatic heterocycles. The van der Waals surface area contributed by atoms with Gasteiger partial charge in [0.25, 0.3) is 0 Å². The number of nitrogens with one attached hydrogen (secondary N) is 3. The Morgan fingerprint density at radius 3 is 3.00 bits per heavy atom. The van der Waals surface area contributed by atoms with Gasteiger partial charge in [0, 0.05) is 35.5 Å². The molecule has 3 N–H and O–H groups in total. The van der Waals surface area contributed by atoms with E-state index in [-0.39, 0.29) is 18.2 Å². The predicted octanol–water partition coefficient (Wildman–Crippen LogP) is 4.15. The summed E-state index contributed by atoms with van der Waals surface area (Å²) in [6, 6.07) is 4.64. The molecule has 38 heavy (non-hydrogen) atoms. The zero-order valence-electron chi connectivity index (χ0n) is 20.1. The van der Waals surface area contributed by atoms with Crippen LogP contribution in [0.5, 0.6) is 0 Å². The van der Waals surface area contributed by atoms with E-state index >= 15 is 0 Å². The average molecular weight is 535 g/mol. The maximum absolute atomic E-state index is 14.0. The van der Waals surface area contributed by atoms with Crippen molar-refractivity contribution in [2.75, 3.05) is 0 Å². The quantitative estimate of drug-likeness (QED) is 0.340. The van der Waals surface area contributed by atoms with Crippen molar-refractivity contribution in [3.63, 3.8) is 0 Å². The van der Waals surface area contributed by atoms with E-state index in [2.05, 4.69) is 36.1 Å². The van der Waals surface area contributed by atoms with Crippen molar-refractivity contribution in [3.05, 3.63) is 101 Å². The summed E-state index contributed by atoms with van der Waals surface area (Å²) in [4.78, 5) is 32.3. The SMILES string of the molecule is O=C(C=Cc1cc(Cl)ccc1-n1cnnn1)NC1CC=CCCC(=O)NC=CC=C(F)C=Cc2c[nH]c1n2. The highest BCUT2D eigenvalue weighted by Gasteiger charge is 2.16. The summed E-state index contributed by atoms with van der Waals surface area (Å²) >= 11 is 6.15. The lowest BCUT2D eigenvalue weighted by atomic mass is 10.1. The number of nitrogens with zero attached hydrogens (tertiary/aromatic N) is 5. The molecule has 0 spiro atoms. The van der Waals surface area contributed by atoms with Crippen LogP contribution in [-0.4, -0.2) is 42.0 Å². The van der Waals surface area contributed by atoms with Crippen LogP contribution in [0.2, 0.25) is 5.02 Å². The van der Waals surface area contributed by atoms with Gasteiger partial charge in [0.1, 0.15) is 18.0 Å². The van der Waals surface area contributed by atoms with Gasteiger partial charge in [0.2, 0.25) is 11.8 Å². The number of aromatic amines is 1. The van der Waals surface area contributed by atoms with Crippen molar-refractivity contribution in [1.29, 1.82) is 0 Å². The van der Waals surface area contributed by atoms with Gasteiger partial charge in [-0.2, -0.15) is 4.68 Å². The molecule has 1 aliphatic rings. The number of tetrazole rings is 1. The minimum atomic E-state index is -0.511. The molecule has 2 aromatic heterocycles. The first kappa shape index (κ1) is 26.4. The van der Waals surface area contributed by atoms with E-state index in [0.29, 0.717) is 40.6 Å². The normalized spacial score (nSPS) is 16.7.